The van der Waals surface area contributed by atoms with Crippen molar-refractivity contribution in [3.8, 4) is 0 Å². The number of imidazole rings is 1. The highest BCUT2D eigenvalue weighted by Crippen LogP contribution is 2.30. The van der Waals surface area contributed by atoms with Crippen molar-refractivity contribution in [2.45, 2.75) is 58.6 Å². The minimum atomic E-state index is -0.827. The maximum absolute atomic E-state index is 10.4. The van der Waals surface area contributed by atoms with Crippen LogP contribution in [0, 0.1) is 0 Å². The zero-order chi connectivity index (χ0) is 17.3. The molecular weight excluding hydrogens is 300 g/mol. The third-order valence-electron chi connectivity index (χ3n) is 4.24. The number of nitrogen functional groups attached to an aromatic ring is 1. The molecular formula is C19H26N4O. The highest BCUT2D eigenvalue weighted by atomic mass is 16.3. The van der Waals surface area contributed by atoms with Gasteiger partial charge in [-0.25, -0.2) is 9.97 Å². The second-order valence-electron chi connectivity index (χ2n) is 7.10. The van der Waals surface area contributed by atoms with Crippen LogP contribution < -0.4 is 5.73 Å². The molecule has 0 aliphatic carbocycles. The van der Waals surface area contributed by atoms with Gasteiger partial charge in [0.25, 0.3) is 0 Å². The largest absolute Gasteiger partial charge is 0.389 e. The van der Waals surface area contributed by atoms with Gasteiger partial charge in [0.1, 0.15) is 11.3 Å². The highest BCUT2D eigenvalue weighted by molar-refractivity contribution is 6.06. The lowest BCUT2D eigenvalue weighted by Crippen LogP contribution is -2.27. The molecule has 0 unspecified atom stereocenters. The van der Waals surface area contributed by atoms with Crippen LogP contribution in [-0.4, -0.2) is 25.2 Å². The lowest BCUT2D eigenvalue weighted by molar-refractivity contribution is 0.0618. The average molecular weight is 326 g/mol. The van der Waals surface area contributed by atoms with Crippen LogP contribution in [-0.2, 0) is 13.0 Å². The fourth-order valence-electron chi connectivity index (χ4n) is 3.19. The van der Waals surface area contributed by atoms with E-state index in [4.69, 9.17) is 10.7 Å². The van der Waals surface area contributed by atoms with Gasteiger partial charge in [-0.05, 0) is 26.3 Å². The van der Waals surface area contributed by atoms with Crippen LogP contribution in [0.2, 0.25) is 0 Å². The first-order valence-electron chi connectivity index (χ1n) is 8.66. The number of nitrogens with zero attached hydrogens (tertiary/aromatic N) is 3. The van der Waals surface area contributed by atoms with Gasteiger partial charge < -0.3 is 15.4 Å². The van der Waals surface area contributed by atoms with Crippen molar-refractivity contribution < 1.29 is 5.11 Å². The summed E-state index contributed by atoms with van der Waals surface area (Å²) >= 11 is 0. The normalized spacial score (nSPS) is 12.3. The fraction of sp³-hybridized carbons (Fsp3) is 0.474. The van der Waals surface area contributed by atoms with E-state index in [1.807, 2.05) is 38.1 Å². The summed E-state index contributed by atoms with van der Waals surface area (Å²) in [5.74, 6) is 1.43. The summed E-state index contributed by atoms with van der Waals surface area (Å²) in [6.07, 6.45) is 4.29. The Morgan fingerprint density at radius 3 is 2.62 bits per heavy atom. The van der Waals surface area contributed by atoms with Gasteiger partial charge in [0.15, 0.2) is 5.82 Å². The van der Waals surface area contributed by atoms with E-state index in [0.717, 1.165) is 40.6 Å². The van der Waals surface area contributed by atoms with E-state index in [1.54, 1.807) is 0 Å². The Kier molecular flexibility index (Phi) is 4.45. The summed E-state index contributed by atoms with van der Waals surface area (Å²) in [4.78, 5) is 9.27. The van der Waals surface area contributed by atoms with Gasteiger partial charge in [-0.3, -0.25) is 0 Å². The first-order valence-corrected chi connectivity index (χ1v) is 8.66. The van der Waals surface area contributed by atoms with Crippen LogP contribution in [0.5, 0.6) is 0 Å². The Labute approximate surface area is 142 Å². The SMILES string of the molecule is CCCCCc1nc2c(N)nc3ccccc3c2n1CC(C)(C)O. The number of nitrogens with two attached hydrogens (primary N) is 1. The Balaban J connectivity index is 2.24. The molecule has 0 bridgehead atoms. The lowest BCUT2D eigenvalue weighted by Gasteiger charge is -2.20. The lowest BCUT2D eigenvalue weighted by atomic mass is 10.1. The standard InChI is InChI=1S/C19H26N4O/c1-4-5-6-11-15-22-16-17(23(15)12-19(2,3)24)13-9-7-8-10-14(13)21-18(16)20/h7-10,24H,4-6,11-12H2,1-3H3,(H2,20,21). The molecule has 0 aliphatic rings. The Morgan fingerprint density at radius 1 is 1.17 bits per heavy atom. The summed E-state index contributed by atoms with van der Waals surface area (Å²) in [5, 5.41) is 11.4. The van der Waals surface area contributed by atoms with Crippen molar-refractivity contribution in [1.82, 2.24) is 14.5 Å². The van der Waals surface area contributed by atoms with Crippen molar-refractivity contribution in [3.05, 3.63) is 30.1 Å². The summed E-state index contributed by atoms with van der Waals surface area (Å²) in [6, 6.07) is 7.96. The number of pyridine rings is 1. The maximum Gasteiger partial charge on any atom is 0.152 e. The number of rotatable bonds is 6. The van der Waals surface area contributed by atoms with Crippen LogP contribution in [0.4, 0.5) is 5.82 Å². The van der Waals surface area contributed by atoms with Gasteiger partial charge in [0, 0.05) is 11.8 Å². The second-order valence-corrected chi connectivity index (χ2v) is 7.10. The third-order valence-corrected chi connectivity index (χ3v) is 4.24. The van der Waals surface area contributed by atoms with Crippen LogP contribution in [0.15, 0.2) is 24.3 Å². The molecule has 0 fully saturated rings. The Hall–Kier alpha value is -2.14. The molecule has 3 N–H and O–H groups in total. The van der Waals surface area contributed by atoms with E-state index >= 15 is 0 Å². The molecule has 0 amide bonds. The maximum atomic E-state index is 10.4. The zero-order valence-electron chi connectivity index (χ0n) is 14.7. The van der Waals surface area contributed by atoms with Crippen molar-refractivity contribution in [2.75, 3.05) is 5.73 Å². The van der Waals surface area contributed by atoms with Gasteiger partial charge in [-0.1, -0.05) is 38.0 Å². The Morgan fingerprint density at radius 2 is 1.92 bits per heavy atom. The number of aryl methyl sites for hydroxylation is 1. The molecule has 24 heavy (non-hydrogen) atoms. The number of hydrogen-bond acceptors (Lipinski definition) is 4. The van der Waals surface area contributed by atoms with Crippen LogP contribution in [0.1, 0.15) is 45.9 Å². The first kappa shape index (κ1) is 16.7. The van der Waals surface area contributed by atoms with E-state index in [0.29, 0.717) is 12.4 Å². The second kappa shape index (κ2) is 6.40. The van der Waals surface area contributed by atoms with Crippen LogP contribution in [0.25, 0.3) is 21.9 Å². The summed E-state index contributed by atoms with van der Waals surface area (Å²) in [7, 11) is 0. The molecule has 1 aromatic carbocycles. The quantitative estimate of drug-likeness (QED) is 0.678. The van der Waals surface area contributed by atoms with E-state index in [-0.39, 0.29) is 0 Å². The molecule has 0 radical (unpaired) electrons. The van der Waals surface area contributed by atoms with Gasteiger partial charge >= 0.3 is 0 Å². The molecule has 3 rings (SSSR count). The van der Waals surface area contributed by atoms with Crippen LogP contribution in [0.3, 0.4) is 0 Å². The van der Waals surface area contributed by atoms with Gasteiger partial charge in [0.05, 0.1) is 23.2 Å². The number of para-hydroxylation sites is 1. The number of benzene rings is 1. The van der Waals surface area contributed by atoms with Crippen molar-refractivity contribution in [2.24, 2.45) is 0 Å². The van der Waals surface area contributed by atoms with Crippen molar-refractivity contribution in [1.29, 1.82) is 0 Å². The molecule has 0 spiro atoms. The molecule has 5 heteroatoms. The Bertz CT molecular complexity index is 861. The molecule has 0 aliphatic heterocycles. The van der Waals surface area contributed by atoms with E-state index in [9.17, 15) is 5.11 Å². The number of aromatic nitrogens is 3. The third kappa shape index (κ3) is 3.22. The summed E-state index contributed by atoms with van der Waals surface area (Å²) < 4.78 is 2.13. The van der Waals surface area contributed by atoms with Gasteiger partial charge in [-0.15, -0.1) is 0 Å². The zero-order valence-corrected chi connectivity index (χ0v) is 14.7. The number of anilines is 1. The number of hydrogen-bond donors (Lipinski definition) is 2. The monoisotopic (exact) mass is 326 g/mol. The van der Waals surface area contributed by atoms with E-state index < -0.39 is 5.60 Å². The van der Waals surface area contributed by atoms with Crippen LogP contribution >= 0.6 is 0 Å². The van der Waals surface area contributed by atoms with Gasteiger partial charge in [0.2, 0.25) is 0 Å². The van der Waals surface area contributed by atoms with Crippen molar-refractivity contribution in [3.63, 3.8) is 0 Å². The number of aliphatic hydroxyl groups is 1. The number of unbranched alkanes of at least 4 members (excludes halogenated alkanes) is 2. The molecule has 2 heterocycles. The first-order chi connectivity index (χ1) is 11.4. The molecule has 5 nitrogen and oxygen atoms in total. The fourth-order valence-corrected chi connectivity index (χ4v) is 3.19. The number of fused-ring (bicyclic) bond motifs is 3. The molecule has 0 saturated heterocycles. The summed E-state index contributed by atoms with van der Waals surface area (Å²) in [5.41, 5.74) is 7.93. The summed E-state index contributed by atoms with van der Waals surface area (Å²) in [6.45, 7) is 6.32. The average Bonchev–Trinajstić information content (AvgIpc) is 2.86. The predicted octanol–water partition coefficient (Wildman–Crippen LogP) is 3.67. The molecule has 128 valence electrons. The van der Waals surface area contributed by atoms with Gasteiger partial charge in [-0.2, -0.15) is 0 Å². The van der Waals surface area contributed by atoms with Crippen molar-refractivity contribution >= 4 is 27.8 Å². The molecule has 0 saturated carbocycles. The predicted molar refractivity (Wildman–Crippen MR) is 99.0 cm³/mol. The van der Waals surface area contributed by atoms with E-state index in [2.05, 4.69) is 16.5 Å². The highest BCUT2D eigenvalue weighted by Gasteiger charge is 2.22. The molecule has 0 atom stereocenters. The topological polar surface area (TPSA) is 77.0 Å². The molecule has 2 aromatic heterocycles. The molecule has 3 aromatic rings. The minimum Gasteiger partial charge on any atom is -0.389 e. The van der Waals surface area contributed by atoms with E-state index in [1.165, 1.54) is 12.8 Å². The smallest absolute Gasteiger partial charge is 0.152 e. The minimum absolute atomic E-state index is 0.454.